The maximum absolute atomic E-state index is 10.3. The third kappa shape index (κ3) is 6.08. The van der Waals surface area contributed by atoms with E-state index >= 15 is 0 Å². The summed E-state index contributed by atoms with van der Waals surface area (Å²) in [6.45, 7) is 6.69. The van der Waals surface area contributed by atoms with Gasteiger partial charge in [-0.15, -0.1) is 0 Å². The van der Waals surface area contributed by atoms with Crippen molar-refractivity contribution in [3.05, 3.63) is 23.8 Å². The van der Waals surface area contributed by atoms with Gasteiger partial charge in [0.05, 0.1) is 26.4 Å². The van der Waals surface area contributed by atoms with Gasteiger partial charge in [0.15, 0.2) is 11.5 Å². The topological polar surface area (TPSA) is 78.2 Å². The number of rotatable bonds is 8. The predicted molar refractivity (Wildman–Crippen MR) is 105 cm³/mol. The Hall–Kier alpha value is -1.85. The Labute approximate surface area is 167 Å². The molecule has 2 saturated heterocycles. The van der Waals surface area contributed by atoms with Gasteiger partial charge in [0, 0.05) is 32.1 Å². The van der Waals surface area contributed by atoms with E-state index in [-0.39, 0.29) is 12.5 Å². The molecular formula is C21H31N3O4. The number of hydrogen-bond donors (Lipinski definition) is 1. The quantitative estimate of drug-likeness (QED) is 0.722. The standard InChI is InChI=1S/C21H31N3O4/c1-26-21-12-18(14-23-6-4-17(13-22)5-7-23)2-3-20(21)28-16-19(25)15-24-8-10-27-11-9-24/h2-3,12,17,19,25H,4-11,14-16H2,1H3. The second-order valence-corrected chi connectivity index (χ2v) is 7.54. The number of methoxy groups -OCH3 is 1. The largest absolute Gasteiger partial charge is 0.493 e. The summed E-state index contributed by atoms with van der Waals surface area (Å²) in [5.74, 6) is 1.53. The summed E-state index contributed by atoms with van der Waals surface area (Å²) in [6.07, 6.45) is 1.33. The monoisotopic (exact) mass is 389 g/mol. The number of morpholine rings is 1. The number of aliphatic hydroxyl groups excluding tert-OH is 1. The lowest BCUT2D eigenvalue weighted by Crippen LogP contribution is -2.42. The summed E-state index contributed by atoms with van der Waals surface area (Å²) in [7, 11) is 1.63. The van der Waals surface area contributed by atoms with E-state index in [0.29, 0.717) is 18.0 Å². The van der Waals surface area contributed by atoms with E-state index in [4.69, 9.17) is 19.5 Å². The lowest BCUT2D eigenvalue weighted by Gasteiger charge is -2.29. The molecule has 1 aromatic rings. The predicted octanol–water partition coefficient (Wildman–Crippen LogP) is 1.50. The van der Waals surface area contributed by atoms with E-state index in [0.717, 1.165) is 64.3 Å². The molecule has 154 valence electrons. The molecule has 2 heterocycles. The molecule has 2 aliphatic rings. The van der Waals surface area contributed by atoms with Crippen LogP contribution in [0.4, 0.5) is 0 Å². The highest BCUT2D eigenvalue weighted by Gasteiger charge is 2.20. The average Bonchev–Trinajstić information content (AvgIpc) is 2.74. The van der Waals surface area contributed by atoms with Crippen LogP contribution in [0.1, 0.15) is 18.4 Å². The van der Waals surface area contributed by atoms with Crippen LogP contribution in [0.5, 0.6) is 11.5 Å². The van der Waals surface area contributed by atoms with Gasteiger partial charge in [0.1, 0.15) is 12.7 Å². The Kier molecular flexibility index (Phi) is 7.92. The second kappa shape index (κ2) is 10.6. The first-order chi connectivity index (χ1) is 13.7. The minimum absolute atomic E-state index is 0.199. The summed E-state index contributed by atoms with van der Waals surface area (Å²) in [5.41, 5.74) is 1.16. The first-order valence-electron chi connectivity index (χ1n) is 10.1. The highest BCUT2D eigenvalue weighted by Crippen LogP contribution is 2.29. The molecule has 3 rings (SSSR count). The maximum Gasteiger partial charge on any atom is 0.161 e. The summed E-state index contributed by atoms with van der Waals surface area (Å²) < 4.78 is 16.6. The van der Waals surface area contributed by atoms with Crippen LogP contribution in [0, 0.1) is 17.2 Å². The fraction of sp³-hybridized carbons (Fsp3) is 0.667. The molecular weight excluding hydrogens is 358 g/mol. The van der Waals surface area contributed by atoms with Crippen LogP contribution < -0.4 is 9.47 Å². The first-order valence-corrected chi connectivity index (χ1v) is 10.1. The molecule has 0 aliphatic carbocycles. The van der Waals surface area contributed by atoms with Crippen molar-refractivity contribution >= 4 is 0 Å². The van der Waals surface area contributed by atoms with Crippen LogP contribution in [0.3, 0.4) is 0 Å². The fourth-order valence-corrected chi connectivity index (χ4v) is 3.73. The Morgan fingerprint density at radius 2 is 1.93 bits per heavy atom. The average molecular weight is 389 g/mol. The fourth-order valence-electron chi connectivity index (χ4n) is 3.73. The van der Waals surface area contributed by atoms with E-state index in [1.807, 2.05) is 18.2 Å². The Balaban J connectivity index is 1.49. The summed E-state index contributed by atoms with van der Waals surface area (Å²) in [4.78, 5) is 4.56. The van der Waals surface area contributed by atoms with E-state index in [1.54, 1.807) is 7.11 Å². The molecule has 2 fully saturated rings. The van der Waals surface area contributed by atoms with Crippen molar-refractivity contribution in [2.45, 2.75) is 25.5 Å². The number of piperidine rings is 1. The van der Waals surface area contributed by atoms with Gasteiger partial charge in [-0.2, -0.15) is 5.26 Å². The summed E-state index contributed by atoms with van der Waals surface area (Å²) in [6, 6.07) is 8.33. The molecule has 0 spiro atoms. The van der Waals surface area contributed by atoms with Gasteiger partial charge < -0.3 is 19.3 Å². The molecule has 2 aliphatic heterocycles. The van der Waals surface area contributed by atoms with Gasteiger partial charge in [-0.05, 0) is 43.6 Å². The van der Waals surface area contributed by atoms with Crippen molar-refractivity contribution in [2.24, 2.45) is 5.92 Å². The normalized spacial score (nSPS) is 20.5. The van der Waals surface area contributed by atoms with Crippen molar-refractivity contribution in [3.8, 4) is 17.6 Å². The molecule has 0 radical (unpaired) electrons. The zero-order chi connectivity index (χ0) is 19.8. The minimum Gasteiger partial charge on any atom is -0.493 e. The van der Waals surface area contributed by atoms with Gasteiger partial charge in [0.2, 0.25) is 0 Å². The van der Waals surface area contributed by atoms with Crippen molar-refractivity contribution in [2.75, 3.05) is 59.7 Å². The smallest absolute Gasteiger partial charge is 0.161 e. The molecule has 0 saturated carbocycles. The summed E-state index contributed by atoms with van der Waals surface area (Å²) >= 11 is 0. The number of aliphatic hydroxyl groups is 1. The minimum atomic E-state index is -0.552. The van der Waals surface area contributed by atoms with Gasteiger partial charge in [0.25, 0.3) is 0 Å². The Morgan fingerprint density at radius 3 is 2.61 bits per heavy atom. The highest BCUT2D eigenvalue weighted by atomic mass is 16.5. The molecule has 0 bridgehead atoms. The second-order valence-electron chi connectivity index (χ2n) is 7.54. The number of nitrogens with zero attached hydrogens (tertiary/aromatic N) is 3. The van der Waals surface area contributed by atoms with Crippen LogP contribution in [0.2, 0.25) is 0 Å². The van der Waals surface area contributed by atoms with E-state index in [1.165, 1.54) is 0 Å². The zero-order valence-electron chi connectivity index (χ0n) is 16.7. The third-order valence-corrected chi connectivity index (χ3v) is 5.41. The van der Waals surface area contributed by atoms with E-state index in [9.17, 15) is 5.11 Å². The third-order valence-electron chi connectivity index (χ3n) is 5.41. The molecule has 7 heteroatoms. The van der Waals surface area contributed by atoms with Crippen LogP contribution >= 0.6 is 0 Å². The van der Waals surface area contributed by atoms with E-state index in [2.05, 4.69) is 15.9 Å². The number of ether oxygens (including phenoxy) is 3. The van der Waals surface area contributed by atoms with Crippen LogP contribution in [-0.4, -0.2) is 80.7 Å². The van der Waals surface area contributed by atoms with Gasteiger partial charge in [-0.3, -0.25) is 9.80 Å². The molecule has 1 aromatic carbocycles. The lowest BCUT2D eigenvalue weighted by atomic mass is 9.98. The number of β-amino-alcohol motifs (C(OH)–C–C–N with tert-alkyl or cyclic N) is 1. The molecule has 0 aromatic heterocycles. The molecule has 1 atom stereocenters. The van der Waals surface area contributed by atoms with Gasteiger partial charge in [-0.25, -0.2) is 0 Å². The lowest BCUT2D eigenvalue weighted by molar-refractivity contribution is 0.00445. The van der Waals surface area contributed by atoms with Crippen LogP contribution in [0.15, 0.2) is 18.2 Å². The Morgan fingerprint density at radius 1 is 1.18 bits per heavy atom. The van der Waals surface area contributed by atoms with E-state index < -0.39 is 6.10 Å². The Bertz CT molecular complexity index is 650. The molecule has 0 amide bonds. The first kappa shape index (κ1) is 20.9. The number of hydrogen-bond acceptors (Lipinski definition) is 7. The van der Waals surface area contributed by atoms with Crippen molar-refractivity contribution in [1.29, 1.82) is 5.26 Å². The van der Waals surface area contributed by atoms with Gasteiger partial charge >= 0.3 is 0 Å². The molecule has 1 unspecified atom stereocenters. The van der Waals surface area contributed by atoms with Crippen LogP contribution in [-0.2, 0) is 11.3 Å². The molecule has 7 nitrogen and oxygen atoms in total. The zero-order valence-corrected chi connectivity index (χ0v) is 16.7. The number of benzene rings is 1. The molecule has 28 heavy (non-hydrogen) atoms. The number of nitriles is 1. The number of likely N-dealkylation sites (tertiary alicyclic amines) is 1. The molecule has 1 N–H and O–H groups in total. The van der Waals surface area contributed by atoms with Crippen molar-refractivity contribution in [3.63, 3.8) is 0 Å². The highest BCUT2D eigenvalue weighted by molar-refractivity contribution is 5.43. The maximum atomic E-state index is 10.3. The van der Waals surface area contributed by atoms with Crippen molar-refractivity contribution in [1.82, 2.24) is 9.80 Å². The van der Waals surface area contributed by atoms with Crippen molar-refractivity contribution < 1.29 is 19.3 Å². The summed E-state index contributed by atoms with van der Waals surface area (Å²) in [5, 5.41) is 19.3. The SMILES string of the molecule is COc1cc(CN2CCC(C#N)CC2)ccc1OCC(O)CN1CCOCC1. The van der Waals surface area contributed by atoms with Crippen LogP contribution in [0.25, 0.3) is 0 Å². The van der Waals surface area contributed by atoms with Gasteiger partial charge in [-0.1, -0.05) is 6.07 Å².